The van der Waals surface area contributed by atoms with E-state index in [1.807, 2.05) is 19.6 Å². The van der Waals surface area contributed by atoms with Crippen molar-refractivity contribution in [1.29, 1.82) is 0 Å². The second-order valence-electron chi connectivity index (χ2n) is 6.21. The van der Waals surface area contributed by atoms with Crippen molar-refractivity contribution in [3.8, 4) is 0 Å². The summed E-state index contributed by atoms with van der Waals surface area (Å²) in [7, 11) is -1.14. The Hall–Kier alpha value is -0.172. The minimum absolute atomic E-state index is 0. The van der Waals surface area contributed by atoms with Gasteiger partial charge in [-0.05, 0) is 19.6 Å². The van der Waals surface area contributed by atoms with Crippen molar-refractivity contribution in [2.75, 3.05) is 0 Å². The molecular weight excluding hydrogens is 527 g/mol. The van der Waals surface area contributed by atoms with Crippen LogP contribution in [0.5, 0.6) is 0 Å². The van der Waals surface area contributed by atoms with Gasteiger partial charge in [0.2, 0.25) is 0 Å². The Morgan fingerprint density at radius 3 is 0.765 bits per heavy atom. The maximum atomic E-state index is 8.66. The van der Waals surface area contributed by atoms with Gasteiger partial charge in [-0.1, -0.05) is 52.4 Å². The van der Waals surface area contributed by atoms with Gasteiger partial charge in [0.05, 0.1) is 0 Å². The van der Waals surface area contributed by atoms with Crippen LogP contribution in [0.4, 0.5) is 0 Å². The summed E-state index contributed by atoms with van der Waals surface area (Å²) in [4.78, 5) is 8.66. The Bertz CT molecular complexity index is 88.6. The minimum atomic E-state index is -1.61. The topological polar surface area (TPSA) is 20.2 Å². The van der Waals surface area contributed by atoms with Crippen LogP contribution in [0.3, 0.4) is 0 Å². The van der Waals surface area contributed by atoms with E-state index >= 15 is 0 Å². The van der Waals surface area contributed by atoms with E-state index in [4.69, 9.17) is 4.80 Å². The van der Waals surface area contributed by atoms with Gasteiger partial charge < -0.3 is 4.80 Å². The van der Waals surface area contributed by atoms with E-state index in [0.29, 0.717) is 0 Å². The fraction of sp³-hybridized carbons (Fsp3) is 1.00. The third kappa shape index (κ3) is 102000. The summed E-state index contributed by atoms with van der Waals surface area (Å²) in [5, 5.41) is 0. The third-order valence-corrected chi connectivity index (χ3v) is 0. The van der Waals surface area contributed by atoms with Gasteiger partial charge in [0, 0.05) is 27.1 Å². The molecule has 0 aliphatic rings. The molecular formula is C11H37ORfSi4. The normalized spacial score (nSPS) is 8.82. The average Bonchev–Trinajstić information content (AvgIpc) is 1.78. The van der Waals surface area contributed by atoms with Crippen LogP contribution in [0.25, 0.3) is 0 Å². The van der Waals surface area contributed by atoms with E-state index in [9.17, 15) is 0 Å². The van der Waals surface area contributed by atoms with Crippen molar-refractivity contribution >= 4 is 35.4 Å². The van der Waals surface area contributed by atoms with Crippen LogP contribution in [0.2, 0.25) is 72.0 Å². The summed E-state index contributed by atoms with van der Waals surface area (Å²) in [6.07, 6.45) is 0. The summed E-state index contributed by atoms with van der Waals surface area (Å²) in [6.45, 7) is 23.9. The molecule has 0 rings (SSSR count). The molecule has 0 heterocycles. The predicted molar refractivity (Wildman–Crippen MR) is 93.9 cm³/mol. The van der Waals surface area contributed by atoms with Gasteiger partial charge in [-0.25, -0.2) is 0 Å². The van der Waals surface area contributed by atoms with Gasteiger partial charge in [0.25, 0.3) is 0 Å². The molecule has 1 N–H and O–H groups in total. The summed E-state index contributed by atoms with van der Waals surface area (Å²) in [5.41, 5.74) is 0. The molecule has 0 atom stereocenters. The summed E-state index contributed by atoms with van der Waals surface area (Å²) in [6, 6.07) is 0. The molecule has 0 fully saturated rings. The first-order chi connectivity index (χ1) is 6.88. The van der Waals surface area contributed by atoms with Gasteiger partial charge in [-0.3, -0.25) is 0 Å². The SMILES string of the molecule is C[SiH](C)C.C[SiH](C)C.C[SiH]C.C[Si](C)(C)O.[Rf]. The van der Waals surface area contributed by atoms with Crippen LogP contribution in [0, 0.1) is 0 Å². The average molecular weight is 565 g/mol. The zero-order valence-electron chi connectivity index (χ0n) is 14.4. The Morgan fingerprint density at radius 1 is 0.765 bits per heavy atom. The van der Waals surface area contributed by atoms with Gasteiger partial charge >= 0.3 is 0 Å². The molecule has 0 spiro atoms. The number of hydrogen-bond acceptors (Lipinski definition) is 1. The van der Waals surface area contributed by atoms with Crippen LogP contribution < -0.4 is 0 Å². The predicted octanol–water partition coefficient (Wildman–Crippen LogP) is 3.54. The molecule has 1 nitrogen and oxygen atoms in total. The van der Waals surface area contributed by atoms with E-state index in [-0.39, 0.29) is 17.6 Å². The van der Waals surface area contributed by atoms with Crippen LogP contribution in [-0.4, -0.2) is 40.2 Å². The Labute approximate surface area is 112 Å². The maximum absolute atomic E-state index is 8.66. The van der Waals surface area contributed by atoms with E-state index in [1.54, 1.807) is 0 Å². The quantitative estimate of drug-likeness (QED) is 0.447. The van der Waals surface area contributed by atoms with E-state index < -0.39 is 8.32 Å². The molecule has 0 saturated heterocycles. The Balaban J connectivity index is -0.0000000375. The van der Waals surface area contributed by atoms with E-state index in [0.717, 1.165) is 9.52 Å². The standard InChI is InChI=1S/C3H10OSi.2C3H10Si.C2H7Si.Rf/c1-5(2,3)4;2*1-4(2)3;1-3-2;/h4H,1-3H3;2*4H,1-3H3;3H,1-2H3;. The molecule has 0 aromatic rings. The van der Waals surface area contributed by atoms with Crippen molar-refractivity contribution < 1.29 is 4.80 Å². The number of rotatable bonds is 0. The van der Waals surface area contributed by atoms with Gasteiger partial charge in [0.15, 0.2) is 8.32 Å². The van der Waals surface area contributed by atoms with Crippen molar-refractivity contribution in [2.45, 2.75) is 72.0 Å². The zero-order valence-corrected chi connectivity index (χ0v) is 25.2. The second-order valence-corrected chi connectivity index (χ2v) is 18.6. The first-order valence-electron chi connectivity index (χ1n) is 6.34. The molecule has 0 unspecified atom stereocenters. The van der Waals surface area contributed by atoms with Crippen LogP contribution in [0.1, 0.15) is 0 Å². The Morgan fingerprint density at radius 2 is 0.765 bits per heavy atom. The molecule has 105 valence electrons. The first-order valence-corrected chi connectivity index (χ1v) is 19.0. The van der Waals surface area contributed by atoms with Crippen LogP contribution in [-0.2, 0) is 0 Å². The van der Waals surface area contributed by atoms with E-state index in [1.165, 1.54) is 0 Å². The van der Waals surface area contributed by atoms with Gasteiger partial charge in [0.1, 0.15) is 0 Å². The molecule has 1 radical (unpaired) electrons. The summed E-state index contributed by atoms with van der Waals surface area (Å²) >= 11 is 0. The molecule has 0 aromatic carbocycles. The van der Waals surface area contributed by atoms with Crippen molar-refractivity contribution in [3.63, 3.8) is 0 Å². The van der Waals surface area contributed by atoms with Crippen molar-refractivity contribution in [1.82, 2.24) is 0 Å². The largest absolute Gasteiger partial charge is 0.433 e. The molecule has 6 heteroatoms. The smallest absolute Gasteiger partial charge is 0.179 e. The summed E-state index contributed by atoms with van der Waals surface area (Å²) in [5.74, 6) is 0. The zero-order chi connectivity index (χ0) is 14.4. The Kier molecular flexibility index (Phi) is 37.5. The summed E-state index contributed by atoms with van der Waals surface area (Å²) < 4.78 is 0. The molecule has 0 aliphatic heterocycles. The third-order valence-electron chi connectivity index (χ3n) is 0. The first kappa shape index (κ1) is 30.1. The maximum Gasteiger partial charge on any atom is 0.179 e. The fourth-order valence-electron chi connectivity index (χ4n) is 0. The molecule has 0 aliphatic carbocycles. The molecule has 0 bridgehead atoms. The number of hydrogen-bond donors (Lipinski definition) is 1. The van der Waals surface area contributed by atoms with Gasteiger partial charge in [-0.15, -0.1) is 0 Å². The molecule has 17 heavy (non-hydrogen) atoms. The molecule has 0 saturated carbocycles. The van der Waals surface area contributed by atoms with Crippen molar-refractivity contribution in [3.05, 3.63) is 0 Å². The fourth-order valence-corrected chi connectivity index (χ4v) is 0. The van der Waals surface area contributed by atoms with Crippen LogP contribution >= 0.6 is 0 Å². The van der Waals surface area contributed by atoms with Crippen LogP contribution in [0.15, 0.2) is 0 Å². The van der Waals surface area contributed by atoms with E-state index in [2.05, 4.69) is 52.4 Å². The monoisotopic (exact) mass is 564 g/mol. The second kappa shape index (κ2) is 21.1. The molecule has 0 aromatic heterocycles. The minimum Gasteiger partial charge on any atom is -0.433 e. The molecule has 0 amide bonds. The van der Waals surface area contributed by atoms with Gasteiger partial charge in [-0.2, -0.15) is 0 Å². The van der Waals surface area contributed by atoms with Crippen molar-refractivity contribution in [2.24, 2.45) is 0 Å².